The molecule has 4 fully saturated rings. The topological polar surface area (TPSA) is 66.0 Å². The molecular weight excluding hydrogens is 459 g/mol. The molecule has 170 valence electrons. The van der Waals surface area contributed by atoms with Gasteiger partial charge < -0.3 is 9.26 Å². The van der Waals surface area contributed by atoms with Crippen LogP contribution in [0.2, 0.25) is 10.0 Å². The second-order valence-corrected chi connectivity index (χ2v) is 10.4. The van der Waals surface area contributed by atoms with Crippen LogP contribution >= 0.6 is 23.2 Å². The number of nitrogens with zero attached hydrogens (tertiary/aromatic N) is 4. The van der Waals surface area contributed by atoms with Gasteiger partial charge in [0.2, 0.25) is 0 Å². The normalized spacial score (nSPS) is 26.2. The van der Waals surface area contributed by atoms with Gasteiger partial charge in [0.25, 0.3) is 0 Å². The Kier molecular flexibility index (Phi) is 5.25. The lowest BCUT2D eigenvalue weighted by Crippen LogP contribution is -2.47. The van der Waals surface area contributed by atoms with Crippen LogP contribution in [-0.4, -0.2) is 25.3 Å². The van der Waals surface area contributed by atoms with Crippen LogP contribution in [0.25, 0.3) is 11.3 Å². The van der Waals surface area contributed by atoms with Gasteiger partial charge in [-0.15, -0.1) is 0 Å². The molecule has 0 amide bonds. The fraction of sp³-hybridized carbons (Fsp3) is 0.480. The molecule has 4 aliphatic carbocycles. The molecule has 3 heterocycles. The van der Waals surface area contributed by atoms with Gasteiger partial charge in [-0.25, -0.2) is 4.98 Å². The average molecular weight is 483 g/mol. The molecule has 4 saturated carbocycles. The van der Waals surface area contributed by atoms with E-state index in [1.807, 2.05) is 10.8 Å². The number of ether oxygens (including phenoxy) is 1. The van der Waals surface area contributed by atoms with Crippen LogP contribution in [0.3, 0.4) is 0 Å². The molecule has 0 aromatic carbocycles. The highest BCUT2D eigenvalue weighted by molar-refractivity contribution is 6.38. The molecule has 8 heteroatoms. The molecule has 4 aliphatic rings. The van der Waals surface area contributed by atoms with Gasteiger partial charge >= 0.3 is 0 Å². The fourth-order valence-electron chi connectivity index (χ4n) is 5.25. The highest BCUT2D eigenvalue weighted by Gasteiger charge is 2.49. The van der Waals surface area contributed by atoms with Gasteiger partial charge in [0.1, 0.15) is 17.8 Å². The Labute approximate surface area is 202 Å². The Morgan fingerprint density at radius 1 is 1.06 bits per heavy atom. The van der Waals surface area contributed by atoms with Gasteiger partial charge in [0.15, 0.2) is 0 Å². The van der Waals surface area contributed by atoms with Crippen LogP contribution in [-0.2, 0) is 11.3 Å². The number of hydrogen-bond donors (Lipinski definition) is 0. The van der Waals surface area contributed by atoms with E-state index in [-0.39, 0.29) is 11.0 Å². The van der Waals surface area contributed by atoms with Crippen LogP contribution in [0.15, 0.2) is 35.6 Å². The number of fused-ring (bicyclic) bond motifs is 3. The van der Waals surface area contributed by atoms with Crippen LogP contribution in [0.1, 0.15) is 68.6 Å². The van der Waals surface area contributed by atoms with E-state index in [4.69, 9.17) is 32.5 Å². The molecule has 33 heavy (non-hydrogen) atoms. The van der Waals surface area contributed by atoms with Crippen molar-refractivity contribution >= 4 is 23.2 Å². The molecule has 0 radical (unpaired) electrons. The second kappa shape index (κ2) is 8.16. The number of pyridine rings is 1. The zero-order valence-corrected chi connectivity index (χ0v) is 19.7. The van der Waals surface area contributed by atoms with Crippen molar-refractivity contribution in [1.82, 2.24) is 19.7 Å². The number of imidazole rings is 1. The van der Waals surface area contributed by atoms with Gasteiger partial charge in [-0.2, -0.15) is 0 Å². The summed E-state index contributed by atoms with van der Waals surface area (Å²) in [6.07, 6.45) is 17.0. The van der Waals surface area contributed by atoms with Gasteiger partial charge in [0.05, 0.1) is 22.3 Å². The molecule has 0 atom stereocenters. The minimum atomic E-state index is -0.111. The van der Waals surface area contributed by atoms with Gasteiger partial charge in [-0.3, -0.25) is 9.55 Å². The molecule has 0 unspecified atom stereocenters. The molecule has 2 bridgehead atoms. The van der Waals surface area contributed by atoms with Crippen LogP contribution in [0, 0.1) is 17.4 Å². The van der Waals surface area contributed by atoms with Crippen molar-refractivity contribution in [3.05, 3.63) is 52.5 Å². The Bertz CT molecular complexity index is 1190. The summed E-state index contributed by atoms with van der Waals surface area (Å²) in [5.41, 5.74) is 2.30. The van der Waals surface area contributed by atoms with Crippen molar-refractivity contribution in [2.24, 2.45) is 5.41 Å². The summed E-state index contributed by atoms with van der Waals surface area (Å²) < 4.78 is 14.3. The smallest absolute Gasteiger partial charge is 0.145 e. The first kappa shape index (κ1) is 21.2. The standard InChI is InChI=1S/C25H24Cl2N4O2/c26-19-13-29-14-20(27)21(19)22-18(23(33-30-22)17-1-2-17)15-32-25-6-3-24(4-7-25,5-8-25)9-11-31-12-10-28-16-31/h10,12-14,16-17H,1-8,15H2. The van der Waals surface area contributed by atoms with Crippen LogP contribution in [0.4, 0.5) is 0 Å². The zero-order valence-electron chi connectivity index (χ0n) is 18.2. The quantitative estimate of drug-likeness (QED) is 0.402. The molecule has 3 aromatic rings. The van der Waals surface area contributed by atoms with Crippen molar-refractivity contribution in [3.63, 3.8) is 0 Å². The third-order valence-electron chi connectivity index (χ3n) is 7.51. The third kappa shape index (κ3) is 3.97. The zero-order chi connectivity index (χ0) is 22.5. The summed E-state index contributed by atoms with van der Waals surface area (Å²) in [5.74, 6) is 4.87. The maximum atomic E-state index is 6.69. The van der Waals surface area contributed by atoms with E-state index in [1.165, 1.54) is 0 Å². The van der Waals surface area contributed by atoms with Crippen molar-refractivity contribution in [1.29, 1.82) is 0 Å². The molecule has 0 saturated heterocycles. The molecule has 0 spiro atoms. The molecule has 0 N–H and O–H groups in total. The summed E-state index contributed by atoms with van der Waals surface area (Å²) in [6.45, 7) is 0.452. The monoisotopic (exact) mass is 482 g/mol. The van der Waals surface area contributed by atoms with E-state index >= 15 is 0 Å². The van der Waals surface area contributed by atoms with Gasteiger partial charge in [0, 0.05) is 53.3 Å². The highest BCUT2D eigenvalue weighted by Crippen LogP contribution is 2.54. The van der Waals surface area contributed by atoms with Crippen LogP contribution in [0.5, 0.6) is 0 Å². The summed E-state index contributed by atoms with van der Waals surface area (Å²) in [5, 5.41) is 5.31. The molecule has 6 nitrogen and oxygen atoms in total. The Morgan fingerprint density at radius 2 is 1.79 bits per heavy atom. The van der Waals surface area contributed by atoms with Crippen molar-refractivity contribution in [3.8, 4) is 23.2 Å². The van der Waals surface area contributed by atoms with E-state index in [9.17, 15) is 0 Å². The maximum absolute atomic E-state index is 6.69. The van der Waals surface area contributed by atoms with Crippen LogP contribution < -0.4 is 0 Å². The van der Waals surface area contributed by atoms with Gasteiger partial charge in [-0.05, 0) is 51.4 Å². The predicted molar refractivity (Wildman–Crippen MR) is 125 cm³/mol. The van der Waals surface area contributed by atoms with E-state index in [0.29, 0.717) is 33.8 Å². The van der Waals surface area contributed by atoms with Crippen molar-refractivity contribution in [2.75, 3.05) is 0 Å². The van der Waals surface area contributed by atoms with Gasteiger partial charge in [-0.1, -0.05) is 34.3 Å². The molecule has 7 rings (SSSR count). The lowest BCUT2D eigenvalue weighted by molar-refractivity contribution is -0.131. The summed E-state index contributed by atoms with van der Waals surface area (Å²) >= 11 is 12.9. The lowest BCUT2D eigenvalue weighted by atomic mass is 9.59. The van der Waals surface area contributed by atoms with E-state index in [2.05, 4.69) is 27.1 Å². The predicted octanol–water partition coefficient (Wildman–Crippen LogP) is 6.24. The first-order valence-corrected chi connectivity index (χ1v) is 12.3. The molecule has 3 aromatic heterocycles. The maximum Gasteiger partial charge on any atom is 0.145 e. The summed E-state index contributed by atoms with van der Waals surface area (Å²) in [6, 6.07) is 3.25. The minimum absolute atomic E-state index is 0.0923. The third-order valence-corrected chi connectivity index (χ3v) is 8.08. The lowest BCUT2D eigenvalue weighted by Gasteiger charge is -2.50. The summed E-state index contributed by atoms with van der Waals surface area (Å²) in [4.78, 5) is 8.15. The average Bonchev–Trinajstić information content (AvgIpc) is 3.37. The number of hydrogen-bond acceptors (Lipinski definition) is 5. The fourth-order valence-corrected chi connectivity index (χ4v) is 5.79. The number of aromatic nitrogens is 4. The number of rotatable bonds is 5. The van der Waals surface area contributed by atoms with E-state index in [0.717, 1.165) is 62.7 Å². The Hall–Kier alpha value is -2.33. The first-order chi connectivity index (χ1) is 16.1. The summed E-state index contributed by atoms with van der Waals surface area (Å²) in [7, 11) is 0. The SMILES string of the molecule is Clc1cncc(Cl)c1-c1noc(C2CC2)c1COC12CCC(C#Cn3ccnc3)(CC1)CC2. The Balaban J connectivity index is 1.22. The van der Waals surface area contributed by atoms with Crippen molar-refractivity contribution in [2.45, 2.75) is 69.5 Å². The Morgan fingerprint density at radius 3 is 2.42 bits per heavy atom. The van der Waals surface area contributed by atoms with E-state index < -0.39 is 0 Å². The highest BCUT2D eigenvalue weighted by atomic mass is 35.5. The second-order valence-electron chi connectivity index (χ2n) is 9.59. The largest absolute Gasteiger partial charge is 0.370 e. The molecular formula is C25H24Cl2N4O2. The first-order valence-electron chi connectivity index (χ1n) is 11.5. The minimum Gasteiger partial charge on any atom is -0.370 e. The number of halogens is 2. The van der Waals surface area contributed by atoms with Crippen molar-refractivity contribution < 1.29 is 9.26 Å². The van der Waals surface area contributed by atoms with E-state index in [1.54, 1.807) is 24.9 Å². The molecule has 0 aliphatic heterocycles.